The minimum Gasteiger partial charge on any atom is -0.399 e. The van der Waals surface area contributed by atoms with Gasteiger partial charge in [-0.25, -0.2) is 14.2 Å². The van der Waals surface area contributed by atoms with Crippen molar-refractivity contribution >= 4 is 30.1 Å². The van der Waals surface area contributed by atoms with Gasteiger partial charge in [0.1, 0.15) is 11.6 Å². The van der Waals surface area contributed by atoms with Gasteiger partial charge in [-0.15, -0.1) is 0 Å². The van der Waals surface area contributed by atoms with E-state index in [1.165, 1.54) is 11.0 Å². The smallest absolute Gasteiger partial charge is 0.399 e. The van der Waals surface area contributed by atoms with Crippen molar-refractivity contribution in [2.75, 3.05) is 16.8 Å². The molecule has 32 heavy (non-hydrogen) atoms. The average molecular weight is 451 g/mol. The van der Waals surface area contributed by atoms with Crippen molar-refractivity contribution in [2.24, 2.45) is 0 Å². The van der Waals surface area contributed by atoms with Gasteiger partial charge in [-0.2, -0.15) is 13.2 Å². The van der Waals surface area contributed by atoms with Gasteiger partial charge in [0.25, 0.3) is 0 Å². The fourth-order valence-electron chi connectivity index (χ4n) is 3.68. The first kappa shape index (κ1) is 22.5. The van der Waals surface area contributed by atoms with Crippen molar-refractivity contribution in [2.45, 2.75) is 51.5 Å². The number of carbonyl (C=O) groups is 1. The molecule has 1 fully saturated rings. The van der Waals surface area contributed by atoms with Crippen molar-refractivity contribution in [3.63, 3.8) is 0 Å². The van der Waals surface area contributed by atoms with Crippen LogP contribution < -0.4 is 15.7 Å². The van der Waals surface area contributed by atoms with Crippen LogP contribution >= 0.6 is 0 Å². The van der Waals surface area contributed by atoms with E-state index < -0.39 is 41.9 Å². The molecule has 1 aromatic heterocycles. The Morgan fingerprint density at radius 2 is 1.81 bits per heavy atom. The lowest BCUT2D eigenvalue weighted by molar-refractivity contribution is -0.137. The molecular formula is C21H22BF4N3O3. The molecule has 0 radical (unpaired) electrons. The predicted molar refractivity (Wildman–Crippen MR) is 111 cm³/mol. The third-order valence-electron chi connectivity index (χ3n) is 6.20. The largest absolute Gasteiger partial charge is 0.497 e. The minimum atomic E-state index is -4.56. The number of anilines is 2. The van der Waals surface area contributed by atoms with Gasteiger partial charge in [-0.05, 0) is 52.3 Å². The zero-order valence-corrected chi connectivity index (χ0v) is 18.0. The summed E-state index contributed by atoms with van der Waals surface area (Å²) in [6, 6.07) is 3.96. The van der Waals surface area contributed by atoms with Crippen molar-refractivity contribution in [1.29, 1.82) is 0 Å². The van der Waals surface area contributed by atoms with E-state index >= 15 is 4.39 Å². The number of halogens is 4. The molecule has 0 spiro atoms. The maximum atomic E-state index is 15.3. The maximum Gasteiger partial charge on any atom is 0.497 e. The van der Waals surface area contributed by atoms with E-state index in [1.54, 1.807) is 6.07 Å². The van der Waals surface area contributed by atoms with Crippen molar-refractivity contribution in [3.05, 3.63) is 47.4 Å². The lowest BCUT2D eigenvalue weighted by Gasteiger charge is -2.32. The third kappa shape index (κ3) is 3.84. The lowest BCUT2D eigenvalue weighted by Crippen LogP contribution is -2.41. The summed E-state index contributed by atoms with van der Waals surface area (Å²) in [5.74, 6) is -0.763. The number of carbonyl (C=O) groups excluding carboxylic acids is 1. The third-order valence-corrected chi connectivity index (χ3v) is 6.20. The summed E-state index contributed by atoms with van der Waals surface area (Å²) >= 11 is 0. The number of aromatic nitrogens is 1. The number of rotatable bonds is 2. The number of fused-ring (bicyclic) bond motifs is 1. The van der Waals surface area contributed by atoms with Crippen LogP contribution in [0.2, 0.25) is 0 Å². The van der Waals surface area contributed by atoms with Gasteiger partial charge in [0.05, 0.1) is 22.5 Å². The number of hydrogen-bond acceptors (Lipinski definition) is 4. The van der Waals surface area contributed by atoms with Crippen LogP contribution in [0.25, 0.3) is 0 Å². The minimum absolute atomic E-state index is 0.171. The Balaban J connectivity index is 1.55. The van der Waals surface area contributed by atoms with Crippen molar-refractivity contribution in [1.82, 2.24) is 4.98 Å². The summed E-state index contributed by atoms with van der Waals surface area (Å²) in [5.41, 5.74) is -1.29. The highest BCUT2D eigenvalue weighted by Crippen LogP contribution is 2.38. The molecular weight excluding hydrogens is 429 g/mol. The molecule has 1 aromatic carbocycles. The van der Waals surface area contributed by atoms with E-state index in [4.69, 9.17) is 9.31 Å². The Hall–Kier alpha value is -2.66. The summed E-state index contributed by atoms with van der Waals surface area (Å²) in [6.07, 6.45) is -3.35. The second kappa shape index (κ2) is 7.45. The number of nitrogens with zero attached hydrogens (tertiary/aromatic N) is 2. The number of pyridine rings is 1. The van der Waals surface area contributed by atoms with Crippen LogP contribution in [0.3, 0.4) is 0 Å². The van der Waals surface area contributed by atoms with E-state index in [0.717, 1.165) is 18.3 Å². The Bertz CT molecular complexity index is 1060. The highest BCUT2D eigenvalue weighted by atomic mass is 19.4. The second-order valence-electron chi connectivity index (χ2n) is 8.81. The molecule has 3 heterocycles. The van der Waals surface area contributed by atoms with Crippen LogP contribution in [0.15, 0.2) is 30.5 Å². The topological polar surface area (TPSA) is 63.7 Å². The monoisotopic (exact) mass is 451 g/mol. The van der Waals surface area contributed by atoms with Crippen LogP contribution in [-0.2, 0) is 21.9 Å². The van der Waals surface area contributed by atoms with Gasteiger partial charge in [-0.1, -0.05) is 6.07 Å². The molecule has 2 amide bonds. The summed E-state index contributed by atoms with van der Waals surface area (Å²) in [7, 11) is -0.887. The number of alkyl halides is 3. The Morgan fingerprint density at radius 3 is 2.44 bits per heavy atom. The van der Waals surface area contributed by atoms with Gasteiger partial charge in [-0.3, -0.25) is 10.2 Å². The first-order chi connectivity index (χ1) is 14.8. The highest BCUT2D eigenvalue weighted by molar-refractivity contribution is 6.62. The van der Waals surface area contributed by atoms with Gasteiger partial charge in [0, 0.05) is 23.8 Å². The molecule has 2 aliphatic rings. The zero-order chi connectivity index (χ0) is 23.5. The molecule has 0 atom stereocenters. The Morgan fingerprint density at radius 1 is 1.16 bits per heavy atom. The molecule has 4 rings (SSSR count). The van der Waals surface area contributed by atoms with Gasteiger partial charge < -0.3 is 9.31 Å². The molecule has 0 aliphatic carbocycles. The molecule has 2 aliphatic heterocycles. The molecule has 0 bridgehead atoms. The van der Waals surface area contributed by atoms with Crippen molar-refractivity contribution in [3.8, 4) is 0 Å². The number of urea groups is 1. The van der Waals surface area contributed by atoms with E-state index in [2.05, 4.69) is 10.3 Å². The second-order valence-corrected chi connectivity index (χ2v) is 8.81. The quantitative estimate of drug-likeness (QED) is 0.551. The van der Waals surface area contributed by atoms with Crippen LogP contribution in [-0.4, -0.2) is 35.9 Å². The van der Waals surface area contributed by atoms with Crippen LogP contribution in [0.1, 0.15) is 38.8 Å². The van der Waals surface area contributed by atoms with E-state index in [9.17, 15) is 18.0 Å². The Labute approximate surface area is 183 Å². The number of benzene rings is 1. The predicted octanol–water partition coefficient (Wildman–Crippen LogP) is 4.13. The summed E-state index contributed by atoms with van der Waals surface area (Å²) < 4.78 is 65.9. The molecule has 0 unspecified atom stereocenters. The van der Waals surface area contributed by atoms with E-state index in [0.29, 0.717) is 11.3 Å². The van der Waals surface area contributed by atoms with Crippen LogP contribution in [0.5, 0.6) is 0 Å². The number of nitrogens with one attached hydrogen (secondary N) is 1. The van der Waals surface area contributed by atoms with E-state index in [1.807, 2.05) is 27.7 Å². The summed E-state index contributed by atoms with van der Waals surface area (Å²) in [5, 5.41) is 2.35. The van der Waals surface area contributed by atoms with Crippen molar-refractivity contribution < 1.29 is 31.7 Å². The number of amides is 2. The zero-order valence-electron chi connectivity index (χ0n) is 18.0. The van der Waals surface area contributed by atoms with Crippen LogP contribution in [0, 0.1) is 5.82 Å². The Kier molecular flexibility index (Phi) is 5.25. The highest BCUT2D eigenvalue weighted by Gasteiger charge is 2.52. The maximum absolute atomic E-state index is 15.3. The molecule has 6 nitrogen and oxygen atoms in total. The number of hydrogen-bond donors (Lipinski definition) is 1. The average Bonchev–Trinajstić information content (AvgIpc) is 3.20. The molecule has 2 aromatic rings. The normalized spacial score (nSPS) is 19.2. The van der Waals surface area contributed by atoms with Gasteiger partial charge in [0.2, 0.25) is 0 Å². The molecule has 1 saturated heterocycles. The SMILES string of the molecule is CC1(C)OB(c2ccc3c(c2F)CCN3C(=O)Nc2cc(C(F)(F)F)ccn2)OC1(C)C. The fraction of sp³-hybridized carbons (Fsp3) is 0.429. The summed E-state index contributed by atoms with van der Waals surface area (Å²) in [4.78, 5) is 17.7. The van der Waals surface area contributed by atoms with Crippen LogP contribution in [0.4, 0.5) is 33.9 Å². The lowest BCUT2D eigenvalue weighted by atomic mass is 9.77. The molecule has 170 valence electrons. The summed E-state index contributed by atoms with van der Waals surface area (Å²) in [6.45, 7) is 7.64. The van der Waals surface area contributed by atoms with E-state index in [-0.39, 0.29) is 24.2 Å². The first-order valence-corrected chi connectivity index (χ1v) is 10.1. The molecule has 0 saturated carbocycles. The molecule has 1 N–H and O–H groups in total. The van der Waals surface area contributed by atoms with Gasteiger partial charge >= 0.3 is 19.3 Å². The molecule has 11 heteroatoms. The standard InChI is InChI=1S/C21H22BF4N3O3/c1-19(2)20(3,4)32-22(31-19)14-5-6-15-13(17(14)23)8-10-29(15)18(30)28-16-11-12(7-9-27-16)21(24,25)26/h5-7,9,11H,8,10H2,1-4H3,(H,27,28,30). The first-order valence-electron chi connectivity index (χ1n) is 10.1. The van der Waals surface area contributed by atoms with Gasteiger partial charge in [0.15, 0.2) is 0 Å². The fourth-order valence-corrected chi connectivity index (χ4v) is 3.68.